The summed E-state index contributed by atoms with van der Waals surface area (Å²) in [7, 11) is 0.333. The molecule has 5 nitrogen and oxygen atoms in total. The monoisotopic (exact) mass is 285 g/mol. The molecule has 0 fully saturated rings. The molecule has 0 aromatic heterocycles. The lowest BCUT2D eigenvalue weighted by Crippen LogP contribution is -2.30. The number of rotatable bonds is 8. The predicted octanol–water partition coefficient (Wildman–Crippen LogP) is 1.03. The molecule has 0 heterocycles. The first kappa shape index (κ1) is 15.9. The van der Waals surface area contributed by atoms with E-state index in [1.54, 1.807) is 12.1 Å². The lowest BCUT2D eigenvalue weighted by molar-refractivity contribution is 0.580. The van der Waals surface area contributed by atoms with Crippen LogP contribution in [0.5, 0.6) is 0 Å². The smallest absolute Gasteiger partial charge is 0.242 e. The van der Waals surface area contributed by atoms with E-state index in [-0.39, 0.29) is 0 Å². The summed E-state index contributed by atoms with van der Waals surface area (Å²) in [5.41, 5.74) is 0.723. The molecular weight excluding hydrogens is 262 g/mol. The van der Waals surface area contributed by atoms with Gasteiger partial charge in [0.2, 0.25) is 10.0 Å². The van der Waals surface area contributed by atoms with Crippen LogP contribution in [-0.4, -0.2) is 42.1 Å². The lowest BCUT2D eigenvalue weighted by atomic mass is 10.3. The van der Waals surface area contributed by atoms with E-state index in [0.717, 1.165) is 25.2 Å². The van der Waals surface area contributed by atoms with Crippen LogP contribution in [0.15, 0.2) is 29.2 Å². The number of nitrogens with zero attached hydrogens (tertiary/aromatic N) is 1. The maximum absolute atomic E-state index is 12.2. The molecule has 108 valence electrons. The molecule has 0 aliphatic rings. The Morgan fingerprint density at radius 3 is 2.53 bits per heavy atom. The SMILES string of the molecule is CCCNS(=O)(=O)c1ccccc1N(C)CCNC. The van der Waals surface area contributed by atoms with Crippen molar-refractivity contribution in [3.63, 3.8) is 0 Å². The number of likely N-dealkylation sites (N-methyl/N-ethyl adjacent to an activating group) is 2. The van der Waals surface area contributed by atoms with Gasteiger partial charge in [0.25, 0.3) is 0 Å². The molecule has 1 aromatic carbocycles. The fourth-order valence-electron chi connectivity index (χ4n) is 1.71. The Labute approximate surface area is 116 Å². The largest absolute Gasteiger partial charge is 0.372 e. The molecule has 0 aliphatic heterocycles. The maximum atomic E-state index is 12.2. The quantitative estimate of drug-likeness (QED) is 0.749. The lowest BCUT2D eigenvalue weighted by Gasteiger charge is -2.22. The standard InChI is InChI=1S/C13H23N3O2S/c1-4-9-15-19(17,18)13-8-6-5-7-12(13)16(3)11-10-14-2/h5-8,14-15H,4,9-11H2,1-3H3. The van der Waals surface area contributed by atoms with Crippen LogP contribution in [0.1, 0.15) is 13.3 Å². The third kappa shape index (κ3) is 4.49. The number of anilines is 1. The second-order valence-corrected chi connectivity index (χ2v) is 6.13. The highest BCUT2D eigenvalue weighted by Crippen LogP contribution is 2.23. The van der Waals surface area contributed by atoms with E-state index in [2.05, 4.69) is 10.0 Å². The van der Waals surface area contributed by atoms with Gasteiger partial charge in [-0.1, -0.05) is 19.1 Å². The third-order valence-corrected chi connectivity index (χ3v) is 4.31. The van der Waals surface area contributed by atoms with Crippen LogP contribution in [0.4, 0.5) is 5.69 Å². The second kappa shape index (κ2) is 7.47. The normalized spacial score (nSPS) is 11.5. The van der Waals surface area contributed by atoms with Crippen LogP contribution in [-0.2, 0) is 10.0 Å². The van der Waals surface area contributed by atoms with E-state index in [9.17, 15) is 8.42 Å². The molecule has 0 bridgehead atoms. The van der Waals surface area contributed by atoms with E-state index < -0.39 is 10.0 Å². The Bertz CT molecular complexity index is 488. The van der Waals surface area contributed by atoms with E-state index in [1.165, 1.54) is 0 Å². The molecule has 0 radical (unpaired) electrons. The van der Waals surface area contributed by atoms with E-state index in [4.69, 9.17) is 0 Å². The zero-order chi connectivity index (χ0) is 14.3. The molecular formula is C13H23N3O2S. The molecule has 6 heteroatoms. The van der Waals surface area contributed by atoms with Crippen LogP contribution in [0.2, 0.25) is 0 Å². The highest BCUT2D eigenvalue weighted by molar-refractivity contribution is 7.89. The maximum Gasteiger partial charge on any atom is 0.242 e. The van der Waals surface area contributed by atoms with Crippen LogP contribution >= 0.6 is 0 Å². The first-order chi connectivity index (χ1) is 9.03. The molecule has 0 saturated carbocycles. The van der Waals surface area contributed by atoms with Crippen molar-refractivity contribution in [2.45, 2.75) is 18.2 Å². The molecule has 0 amide bonds. The van der Waals surface area contributed by atoms with Crippen LogP contribution in [0.25, 0.3) is 0 Å². The Balaban J connectivity index is 3.01. The summed E-state index contributed by atoms with van der Waals surface area (Å²) in [4.78, 5) is 2.28. The summed E-state index contributed by atoms with van der Waals surface area (Å²) in [6, 6.07) is 7.07. The number of benzene rings is 1. The molecule has 0 spiro atoms. The van der Waals surface area contributed by atoms with Gasteiger partial charge in [-0.25, -0.2) is 13.1 Å². The summed E-state index contributed by atoms with van der Waals surface area (Å²) < 4.78 is 27.1. The van der Waals surface area contributed by atoms with Crippen LogP contribution in [0.3, 0.4) is 0 Å². The molecule has 19 heavy (non-hydrogen) atoms. The number of sulfonamides is 1. The van der Waals surface area contributed by atoms with Gasteiger partial charge in [-0.3, -0.25) is 0 Å². The topological polar surface area (TPSA) is 61.4 Å². The van der Waals surface area contributed by atoms with Crippen molar-refractivity contribution in [3.05, 3.63) is 24.3 Å². The molecule has 0 unspecified atom stereocenters. The summed E-state index contributed by atoms with van der Waals surface area (Å²) in [5.74, 6) is 0. The fraction of sp³-hybridized carbons (Fsp3) is 0.538. The van der Waals surface area contributed by atoms with E-state index >= 15 is 0 Å². The van der Waals surface area contributed by atoms with Crippen molar-refractivity contribution in [3.8, 4) is 0 Å². The van der Waals surface area contributed by atoms with Gasteiger partial charge in [-0.2, -0.15) is 0 Å². The van der Waals surface area contributed by atoms with Crippen molar-refractivity contribution >= 4 is 15.7 Å². The zero-order valence-electron chi connectivity index (χ0n) is 11.8. The Hall–Kier alpha value is -1.11. The average molecular weight is 285 g/mol. The van der Waals surface area contributed by atoms with Gasteiger partial charge in [0.1, 0.15) is 4.90 Å². The third-order valence-electron chi connectivity index (χ3n) is 2.81. The van der Waals surface area contributed by atoms with Gasteiger partial charge in [0.05, 0.1) is 5.69 Å². The van der Waals surface area contributed by atoms with Gasteiger partial charge >= 0.3 is 0 Å². The van der Waals surface area contributed by atoms with Gasteiger partial charge in [-0.05, 0) is 25.6 Å². The van der Waals surface area contributed by atoms with Crippen LogP contribution in [0, 0.1) is 0 Å². The van der Waals surface area contributed by atoms with Gasteiger partial charge in [-0.15, -0.1) is 0 Å². The minimum atomic E-state index is -3.44. The highest BCUT2D eigenvalue weighted by Gasteiger charge is 2.19. The van der Waals surface area contributed by atoms with Crippen molar-refractivity contribution in [1.82, 2.24) is 10.0 Å². The average Bonchev–Trinajstić information content (AvgIpc) is 2.42. The predicted molar refractivity (Wildman–Crippen MR) is 79.1 cm³/mol. The first-order valence-corrected chi connectivity index (χ1v) is 7.95. The minimum absolute atomic E-state index is 0.335. The van der Waals surface area contributed by atoms with Crippen molar-refractivity contribution < 1.29 is 8.42 Å². The van der Waals surface area contributed by atoms with E-state index in [1.807, 2.05) is 38.1 Å². The van der Waals surface area contributed by atoms with Gasteiger partial charge in [0.15, 0.2) is 0 Å². The Morgan fingerprint density at radius 2 is 1.89 bits per heavy atom. The van der Waals surface area contributed by atoms with Crippen molar-refractivity contribution in [2.24, 2.45) is 0 Å². The minimum Gasteiger partial charge on any atom is -0.372 e. The summed E-state index contributed by atoms with van der Waals surface area (Å²) in [6.45, 7) is 3.94. The second-order valence-electron chi connectivity index (χ2n) is 4.39. The van der Waals surface area contributed by atoms with Gasteiger partial charge < -0.3 is 10.2 Å². The van der Waals surface area contributed by atoms with E-state index in [0.29, 0.717) is 11.4 Å². The first-order valence-electron chi connectivity index (χ1n) is 6.47. The van der Waals surface area contributed by atoms with Crippen LogP contribution < -0.4 is 14.9 Å². The molecule has 1 aromatic rings. The zero-order valence-corrected chi connectivity index (χ0v) is 12.6. The van der Waals surface area contributed by atoms with Gasteiger partial charge in [0, 0.05) is 26.7 Å². The molecule has 0 aliphatic carbocycles. The molecule has 0 atom stereocenters. The summed E-state index contributed by atoms with van der Waals surface area (Å²) in [5, 5.41) is 3.05. The Morgan fingerprint density at radius 1 is 1.21 bits per heavy atom. The highest BCUT2D eigenvalue weighted by atomic mass is 32.2. The molecule has 0 saturated heterocycles. The van der Waals surface area contributed by atoms with Crippen molar-refractivity contribution in [1.29, 1.82) is 0 Å². The molecule has 2 N–H and O–H groups in total. The molecule has 1 rings (SSSR count). The number of hydrogen-bond donors (Lipinski definition) is 2. The summed E-state index contributed by atoms with van der Waals surface area (Å²) in [6.07, 6.45) is 0.775. The fourth-order valence-corrected chi connectivity index (χ4v) is 3.10. The summed E-state index contributed by atoms with van der Waals surface area (Å²) >= 11 is 0. The van der Waals surface area contributed by atoms with Crippen molar-refractivity contribution in [2.75, 3.05) is 38.6 Å². The number of nitrogens with one attached hydrogen (secondary N) is 2. The number of para-hydroxylation sites is 1. The Kier molecular flexibility index (Phi) is 6.27. The number of hydrogen-bond acceptors (Lipinski definition) is 4.